The average Bonchev–Trinajstić information content (AvgIpc) is 2.14. The molecule has 1 aromatic carbocycles. The Bertz CT molecular complexity index is 392. The Morgan fingerprint density at radius 2 is 1.94 bits per heavy atom. The summed E-state index contributed by atoms with van der Waals surface area (Å²) in [6.45, 7) is 8.07. The van der Waals surface area contributed by atoms with Crippen molar-refractivity contribution in [1.29, 1.82) is 0 Å². The number of Topliss-reactive ketones (excluding diaryl/α,β-unsaturated/α-hetero) is 1. The van der Waals surface area contributed by atoms with Crippen LogP contribution in [0.1, 0.15) is 41.8 Å². The molecule has 0 atom stereocenters. The molecular weight excluding hydrogens is 200 g/mol. The minimum Gasteiger partial charge on any atom is -0.496 e. The lowest BCUT2D eigenvalue weighted by molar-refractivity contribution is 0.0964. The molecule has 16 heavy (non-hydrogen) atoms. The minimum absolute atomic E-state index is 0.171. The summed E-state index contributed by atoms with van der Waals surface area (Å²) in [6.07, 6.45) is 0.570. The van der Waals surface area contributed by atoms with E-state index in [1.807, 2.05) is 39.8 Å². The number of ketones is 1. The molecule has 0 amide bonds. The molecule has 0 heterocycles. The number of methoxy groups -OCH3 is 1. The fourth-order valence-corrected chi connectivity index (χ4v) is 1.92. The van der Waals surface area contributed by atoms with E-state index in [1.54, 1.807) is 7.11 Å². The summed E-state index contributed by atoms with van der Waals surface area (Å²) in [6, 6.07) is 3.94. The van der Waals surface area contributed by atoms with Crippen LogP contribution < -0.4 is 4.74 Å². The van der Waals surface area contributed by atoms with E-state index in [1.165, 1.54) is 0 Å². The van der Waals surface area contributed by atoms with Gasteiger partial charge in [-0.25, -0.2) is 0 Å². The third-order valence-corrected chi connectivity index (χ3v) is 2.54. The maximum atomic E-state index is 12.1. The molecule has 0 aromatic heterocycles. The van der Waals surface area contributed by atoms with Crippen LogP contribution in [0.15, 0.2) is 12.1 Å². The molecule has 0 aliphatic carbocycles. The molecule has 0 aliphatic heterocycles. The maximum Gasteiger partial charge on any atom is 0.167 e. The lowest BCUT2D eigenvalue weighted by Gasteiger charge is -2.13. The fraction of sp³-hybridized carbons (Fsp3) is 0.500. The van der Waals surface area contributed by atoms with E-state index in [0.717, 1.165) is 16.7 Å². The van der Waals surface area contributed by atoms with Gasteiger partial charge in [0, 0.05) is 6.42 Å². The summed E-state index contributed by atoms with van der Waals surface area (Å²) in [4.78, 5) is 12.1. The van der Waals surface area contributed by atoms with Crippen LogP contribution in [0.4, 0.5) is 0 Å². The Morgan fingerprint density at radius 1 is 1.31 bits per heavy atom. The largest absolute Gasteiger partial charge is 0.496 e. The van der Waals surface area contributed by atoms with E-state index in [9.17, 15) is 4.79 Å². The molecule has 0 aliphatic rings. The van der Waals surface area contributed by atoms with Gasteiger partial charge in [0.2, 0.25) is 0 Å². The van der Waals surface area contributed by atoms with Gasteiger partial charge in [0.15, 0.2) is 5.78 Å². The number of rotatable bonds is 4. The van der Waals surface area contributed by atoms with Gasteiger partial charge in [0.1, 0.15) is 5.75 Å². The van der Waals surface area contributed by atoms with Crippen LogP contribution in [-0.4, -0.2) is 12.9 Å². The van der Waals surface area contributed by atoms with Crippen molar-refractivity contribution in [2.75, 3.05) is 7.11 Å². The predicted octanol–water partition coefficient (Wildman–Crippen LogP) is 3.54. The van der Waals surface area contributed by atoms with Crippen molar-refractivity contribution >= 4 is 5.78 Å². The second-order valence-electron chi connectivity index (χ2n) is 4.68. The Morgan fingerprint density at radius 3 is 2.44 bits per heavy atom. The van der Waals surface area contributed by atoms with Crippen LogP contribution in [0, 0.1) is 19.8 Å². The Hall–Kier alpha value is -1.31. The van der Waals surface area contributed by atoms with Crippen molar-refractivity contribution in [2.45, 2.75) is 34.1 Å². The quantitative estimate of drug-likeness (QED) is 0.725. The molecule has 0 spiro atoms. The van der Waals surface area contributed by atoms with Gasteiger partial charge in [-0.05, 0) is 37.0 Å². The van der Waals surface area contributed by atoms with E-state index < -0.39 is 0 Å². The van der Waals surface area contributed by atoms with Crippen molar-refractivity contribution in [1.82, 2.24) is 0 Å². The molecule has 2 nitrogen and oxygen atoms in total. The number of hydrogen-bond acceptors (Lipinski definition) is 2. The van der Waals surface area contributed by atoms with Crippen LogP contribution in [0.3, 0.4) is 0 Å². The van der Waals surface area contributed by atoms with Crippen molar-refractivity contribution in [3.63, 3.8) is 0 Å². The van der Waals surface area contributed by atoms with Gasteiger partial charge in [0.05, 0.1) is 12.7 Å². The highest BCUT2D eigenvalue weighted by Gasteiger charge is 2.16. The molecule has 0 bridgehead atoms. The number of benzene rings is 1. The molecule has 88 valence electrons. The highest BCUT2D eigenvalue weighted by Crippen LogP contribution is 2.26. The van der Waals surface area contributed by atoms with E-state index in [2.05, 4.69) is 0 Å². The second-order valence-corrected chi connectivity index (χ2v) is 4.68. The standard InChI is InChI=1S/C14H20O2/c1-9(2)6-12(15)14-11(4)7-10(3)8-13(14)16-5/h7-9H,6H2,1-5H3. The Kier molecular flexibility index (Phi) is 4.11. The normalized spacial score (nSPS) is 10.6. The van der Waals surface area contributed by atoms with Gasteiger partial charge in [-0.3, -0.25) is 4.79 Å². The first kappa shape index (κ1) is 12.8. The molecule has 2 heteroatoms. The first-order valence-electron chi connectivity index (χ1n) is 5.64. The Balaban J connectivity index is 3.16. The summed E-state index contributed by atoms with van der Waals surface area (Å²) >= 11 is 0. The number of hydrogen-bond donors (Lipinski definition) is 0. The molecule has 1 aromatic rings. The predicted molar refractivity (Wildman–Crippen MR) is 66.3 cm³/mol. The van der Waals surface area contributed by atoms with E-state index in [-0.39, 0.29) is 5.78 Å². The molecule has 0 radical (unpaired) electrons. The molecule has 0 saturated carbocycles. The molecule has 0 N–H and O–H groups in total. The van der Waals surface area contributed by atoms with Crippen LogP contribution in [0.25, 0.3) is 0 Å². The molecule has 0 saturated heterocycles. The van der Waals surface area contributed by atoms with Crippen molar-refractivity contribution in [3.8, 4) is 5.75 Å². The van der Waals surface area contributed by atoms with E-state index in [0.29, 0.717) is 18.1 Å². The maximum absolute atomic E-state index is 12.1. The van der Waals surface area contributed by atoms with Gasteiger partial charge in [-0.2, -0.15) is 0 Å². The van der Waals surface area contributed by atoms with Gasteiger partial charge in [-0.15, -0.1) is 0 Å². The minimum atomic E-state index is 0.171. The van der Waals surface area contributed by atoms with Gasteiger partial charge < -0.3 is 4.74 Å². The summed E-state index contributed by atoms with van der Waals surface area (Å²) in [7, 11) is 1.61. The zero-order valence-corrected chi connectivity index (χ0v) is 10.8. The zero-order chi connectivity index (χ0) is 12.3. The zero-order valence-electron chi connectivity index (χ0n) is 10.8. The first-order chi connectivity index (χ1) is 7.45. The number of aryl methyl sites for hydroxylation is 2. The molecule has 1 rings (SSSR count). The summed E-state index contributed by atoms with van der Waals surface area (Å²) < 4.78 is 5.29. The highest BCUT2D eigenvalue weighted by molar-refractivity contribution is 6.00. The molecule has 0 fully saturated rings. The second kappa shape index (κ2) is 5.15. The third-order valence-electron chi connectivity index (χ3n) is 2.54. The van der Waals surface area contributed by atoms with Crippen LogP contribution in [-0.2, 0) is 0 Å². The highest BCUT2D eigenvalue weighted by atomic mass is 16.5. The van der Waals surface area contributed by atoms with E-state index in [4.69, 9.17) is 4.74 Å². The number of carbonyl (C=O) groups excluding carboxylic acids is 1. The average molecular weight is 220 g/mol. The number of ether oxygens (including phenoxy) is 1. The van der Waals surface area contributed by atoms with Crippen molar-refractivity contribution < 1.29 is 9.53 Å². The van der Waals surface area contributed by atoms with E-state index >= 15 is 0 Å². The summed E-state index contributed by atoms with van der Waals surface area (Å²) in [5.74, 6) is 1.24. The van der Waals surface area contributed by atoms with Crippen LogP contribution in [0.5, 0.6) is 5.75 Å². The van der Waals surface area contributed by atoms with Crippen LogP contribution in [0.2, 0.25) is 0 Å². The van der Waals surface area contributed by atoms with Gasteiger partial charge in [-0.1, -0.05) is 19.9 Å². The number of carbonyl (C=O) groups is 1. The fourth-order valence-electron chi connectivity index (χ4n) is 1.92. The van der Waals surface area contributed by atoms with Crippen molar-refractivity contribution in [2.24, 2.45) is 5.92 Å². The topological polar surface area (TPSA) is 26.3 Å². The lowest BCUT2D eigenvalue weighted by atomic mass is 9.95. The smallest absolute Gasteiger partial charge is 0.167 e. The Labute approximate surface area is 97.6 Å². The monoisotopic (exact) mass is 220 g/mol. The molecular formula is C14H20O2. The van der Waals surface area contributed by atoms with Crippen molar-refractivity contribution in [3.05, 3.63) is 28.8 Å². The summed E-state index contributed by atoms with van der Waals surface area (Å²) in [5, 5.41) is 0. The lowest BCUT2D eigenvalue weighted by Crippen LogP contribution is -2.08. The first-order valence-corrected chi connectivity index (χ1v) is 5.64. The van der Waals surface area contributed by atoms with Gasteiger partial charge in [0.25, 0.3) is 0 Å². The van der Waals surface area contributed by atoms with Crippen LogP contribution >= 0.6 is 0 Å². The summed E-state index contributed by atoms with van der Waals surface area (Å²) in [5.41, 5.74) is 2.86. The third kappa shape index (κ3) is 2.84. The van der Waals surface area contributed by atoms with Gasteiger partial charge >= 0.3 is 0 Å². The molecule has 0 unspecified atom stereocenters. The SMILES string of the molecule is COc1cc(C)cc(C)c1C(=O)CC(C)C.